The largest absolute Gasteiger partial charge is 0.336 e. The lowest BCUT2D eigenvalue weighted by molar-refractivity contribution is 0.0942. The molecule has 0 saturated carbocycles. The normalized spacial score (nSPS) is 11.9. The molecule has 1 rings (SSSR count). The Morgan fingerprint density at radius 1 is 1.41 bits per heavy atom. The van der Waals surface area contributed by atoms with Crippen LogP contribution in [0.4, 0.5) is 0 Å². The average Bonchev–Trinajstić information content (AvgIpc) is 2.28. The summed E-state index contributed by atoms with van der Waals surface area (Å²) >= 11 is 5.73. The van der Waals surface area contributed by atoms with E-state index in [2.05, 4.69) is 11.4 Å². The van der Waals surface area contributed by atoms with Crippen LogP contribution in [0.25, 0.3) is 0 Å². The van der Waals surface area contributed by atoms with E-state index in [4.69, 9.17) is 16.9 Å². The SMILES string of the molecule is CC(C)CC(C#N)NC(=O)c1ccc(Cl)cc1. The van der Waals surface area contributed by atoms with Crippen LogP contribution >= 0.6 is 11.6 Å². The zero-order chi connectivity index (χ0) is 12.8. The molecule has 17 heavy (non-hydrogen) atoms. The van der Waals surface area contributed by atoms with Gasteiger partial charge in [0.15, 0.2) is 0 Å². The van der Waals surface area contributed by atoms with Gasteiger partial charge in [-0.25, -0.2) is 0 Å². The Hall–Kier alpha value is -1.53. The van der Waals surface area contributed by atoms with Crippen molar-refractivity contribution in [3.8, 4) is 6.07 Å². The summed E-state index contributed by atoms with van der Waals surface area (Å²) in [5.74, 6) is 0.124. The molecule has 0 heterocycles. The number of hydrogen-bond acceptors (Lipinski definition) is 2. The fourth-order valence-electron chi connectivity index (χ4n) is 1.46. The van der Waals surface area contributed by atoms with Crippen LogP contribution in [0, 0.1) is 17.2 Å². The maximum Gasteiger partial charge on any atom is 0.252 e. The molecular formula is C13H15ClN2O. The highest BCUT2D eigenvalue weighted by Gasteiger charge is 2.14. The Morgan fingerprint density at radius 3 is 2.47 bits per heavy atom. The standard InChI is InChI=1S/C13H15ClN2O/c1-9(2)7-12(8-15)16-13(17)10-3-5-11(14)6-4-10/h3-6,9,12H,7H2,1-2H3,(H,16,17). The van der Waals surface area contributed by atoms with Gasteiger partial charge < -0.3 is 5.32 Å². The van der Waals surface area contributed by atoms with Crippen molar-refractivity contribution >= 4 is 17.5 Å². The molecule has 0 fully saturated rings. The predicted molar refractivity (Wildman–Crippen MR) is 67.8 cm³/mol. The summed E-state index contributed by atoms with van der Waals surface area (Å²) in [5, 5.41) is 12.2. The van der Waals surface area contributed by atoms with E-state index in [9.17, 15) is 4.79 Å². The van der Waals surface area contributed by atoms with Crippen LogP contribution in [0.5, 0.6) is 0 Å². The Kier molecular flexibility index (Phi) is 4.99. The summed E-state index contributed by atoms with van der Waals surface area (Å²) in [6.45, 7) is 4.03. The lowest BCUT2D eigenvalue weighted by atomic mass is 10.0. The summed E-state index contributed by atoms with van der Waals surface area (Å²) < 4.78 is 0. The molecule has 0 aliphatic carbocycles. The van der Waals surface area contributed by atoms with Crippen LogP contribution in [0.2, 0.25) is 5.02 Å². The number of nitrogens with zero attached hydrogens (tertiary/aromatic N) is 1. The summed E-state index contributed by atoms with van der Waals surface area (Å²) in [7, 11) is 0. The van der Waals surface area contributed by atoms with E-state index in [-0.39, 0.29) is 5.91 Å². The number of hydrogen-bond donors (Lipinski definition) is 1. The third-order valence-electron chi connectivity index (χ3n) is 2.27. The second-order valence-corrected chi connectivity index (χ2v) is 4.73. The number of nitrogens with one attached hydrogen (secondary N) is 1. The number of benzene rings is 1. The number of nitriles is 1. The first-order valence-corrected chi connectivity index (χ1v) is 5.86. The fraction of sp³-hybridized carbons (Fsp3) is 0.385. The van der Waals surface area contributed by atoms with Gasteiger partial charge >= 0.3 is 0 Å². The molecular weight excluding hydrogens is 236 g/mol. The molecule has 0 saturated heterocycles. The quantitative estimate of drug-likeness (QED) is 0.893. The molecule has 0 aliphatic heterocycles. The first kappa shape index (κ1) is 13.5. The first-order valence-electron chi connectivity index (χ1n) is 5.49. The molecule has 1 N–H and O–H groups in total. The van der Waals surface area contributed by atoms with Crippen LogP contribution in [0.3, 0.4) is 0 Å². The zero-order valence-corrected chi connectivity index (χ0v) is 10.7. The van der Waals surface area contributed by atoms with E-state index in [1.807, 2.05) is 13.8 Å². The summed E-state index contributed by atoms with van der Waals surface area (Å²) in [6, 6.07) is 8.23. The monoisotopic (exact) mass is 250 g/mol. The Labute approximate surface area is 106 Å². The number of carbonyl (C=O) groups excluding carboxylic acids is 1. The van der Waals surface area contributed by atoms with E-state index in [1.165, 1.54) is 0 Å². The Balaban J connectivity index is 2.65. The molecule has 1 amide bonds. The maximum absolute atomic E-state index is 11.8. The van der Waals surface area contributed by atoms with Gasteiger partial charge in [-0.1, -0.05) is 25.4 Å². The average molecular weight is 251 g/mol. The van der Waals surface area contributed by atoms with E-state index in [1.54, 1.807) is 24.3 Å². The first-order chi connectivity index (χ1) is 8.02. The van der Waals surface area contributed by atoms with Gasteiger partial charge in [0.25, 0.3) is 5.91 Å². The molecule has 0 spiro atoms. The highest BCUT2D eigenvalue weighted by Crippen LogP contribution is 2.10. The van der Waals surface area contributed by atoms with E-state index < -0.39 is 6.04 Å². The highest BCUT2D eigenvalue weighted by molar-refractivity contribution is 6.30. The van der Waals surface area contributed by atoms with Crippen LogP contribution in [-0.4, -0.2) is 11.9 Å². The van der Waals surface area contributed by atoms with E-state index in [0.717, 1.165) is 0 Å². The highest BCUT2D eigenvalue weighted by atomic mass is 35.5. The van der Waals surface area contributed by atoms with Crippen molar-refractivity contribution in [2.75, 3.05) is 0 Å². The lowest BCUT2D eigenvalue weighted by Gasteiger charge is -2.13. The van der Waals surface area contributed by atoms with Crippen molar-refractivity contribution in [1.29, 1.82) is 5.26 Å². The molecule has 90 valence electrons. The number of rotatable bonds is 4. The van der Waals surface area contributed by atoms with Gasteiger partial charge in [-0.3, -0.25) is 4.79 Å². The zero-order valence-electron chi connectivity index (χ0n) is 9.90. The fourth-order valence-corrected chi connectivity index (χ4v) is 1.58. The van der Waals surface area contributed by atoms with Gasteiger partial charge in [0.05, 0.1) is 6.07 Å². The topological polar surface area (TPSA) is 52.9 Å². The van der Waals surface area contributed by atoms with Crippen LogP contribution in [0.1, 0.15) is 30.6 Å². The van der Waals surface area contributed by atoms with Crippen molar-refractivity contribution in [3.63, 3.8) is 0 Å². The van der Waals surface area contributed by atoms with E-state index >= 15 is 0 Å². The second kappa shape index (κ2) is 6.27. The maximum atomic E-state index is 11.8. The van der Waals surface area contributed by atoms with Crippen molar-refractivity contribution in [3.05, 3.63) is 34.9 Å². The Bertz CT molecular complexity index is 420. The van der Waals surface area contributed by atoms with Crippen LogP contribution in [0.15, 0.2) is 24.3 Å². The molecule has 1 unspecified atom stereocenters. The minimum Gasteiger partial charge on any atom is -0.336 e. The predicted octanol–water partition coefficient (Wildman–Crippen LogP) is 3.01. The van der Waals surface area contributed by atoms with Gasteiger partial charge in [0, 0.05) is 10.6 Å². The summed E-state index contributed by atoms with van der Waals surface area (Å²) in [5.41, 5.74) is 0.512. The number of amides is 1. The van der Waals surface area contributed by atoms with Crippen molar-refractivity contribution in [2.24, 2.45) is 5.92 Å². The Morgan fingerprint density at radius 2 is 2.00 bits per heavy atom. The second-order valence-electron chi connectivity index (χ2n) is 4.29. The van der Waals surface area contributed by atoms with Gasteiger partial charge in [0.2, 0.25) is 0 Å². The molecule has 1 atom stereocenters. The third-order valence-corrected chi connectivity index (χ3v) is 2.53. The van der Waals surface area contributed by atoms with Crippen molar-refractivity contribution < 1.29 is 4.79 Å². The van der Waals surface area contributed by atoms with Gasteiger partial charge in [-0.05, 0) is 36.6 Å². The molecule has 1 aromatic carbocycles. The van der Waals surface area contributed by atoms with Crippen LogP contribution < -0.4 is 5.32 Å². The van der Waals surface area contributed by atoms with Crippen molar-refractivity contribution in [2.45, 2.75) is 26.3 Å². The van der Waals surface area contributed by atoms with E-state index in [0.29, 0.717) is 22.9 Å². The minimum absolute atomic E-state index is 0.242. The minimum atomic E-state index is -0.446. The summed E-state index contributed by atoms with van der Waals surface area (Å²) in [4.78, 5) is 11.8. The molecule has 4 heteroatoms. The molecule has 0 aromatic heterocycles. The smallest absolute Gasteiger partial charge is 0.252 e. The molecule has 0 aliphatic rings. The third kappa shape index (κ3) is 4.46. The van der Waals surface area contributed by atoms with Crippen molar-refractivity contribution in [1.82, 2.24) is 5.32 Å². The number of halogens is 1. The van der Waals surface area contributed by atoms with Gasteiger partial charge in [0.1, 0.15) is 6.04 Å². The molecule has 0 bridgehead atoms. The molecule has 0 radical (unpaired) electrons. The van der Waals surface area contributed by atoms with Gasteiger partial charge in [-0.2, -0.15) is 5.26 Å². The molecule has 3 nitrogen and oxygen atoms in total. The van der Waals surface area contributed by atoms with Crippen LogP contribution in [-0.2, 0) is 0 Å². The van der Waals surface area contributed by atoms with Gasteiger partial charge in [-0.15, -0.1) is 0 Å². The molecule has 1 aromatic rings. The summed E-state index contributed by atoms with van der Waals surface area (Å²) in [6.07, 6.45) is 0.649. The lowest BCUT2D eigenvalue weighted by Crippen LogP contribution is -2.34. The number of carbonyl (C=O) groups is 1.